The summed E-state index contributed by atoms with van der Waals surface area (Å²) in [6.07, 6.45) is 2.71. The minimum Gasteiger partial charge on any atom is -0.369 e. The van der Waals surface area contributed by atoms with Gasteiger partial charge in [-0.2, -0.15) is 4.37 Å². The summed E-state index contributed by atoms with van der Waals surface area (Å²) in [7, 11) is 0. The molecule has 1 N–H and O–H groups in total. The molecule has 0 radical (unpaired) electrons. The Morgan fingerprint density at radius 2 is 2.26 bits per heavy atom. The van der Waals surface area contributed by atoms with Crippen molar-refractivity contribution in [2.45, 2.75) is 19.3 Å². The molecular formula is C14H17N3OS. The van der Waals surface area contributed by atoms with Gasteiger partial charge in [-0.3, -0.25) is 4.79 Å². The lowest BCUT2D eigenvalue weighted by atomic mass is 10.2. The topological polar surface area (TPSA) is 45.2 Å². The van der Waals surface area contributed by atoms with Gasteiger partial charge in [-0.15, -0.1) is 0 Å². The molecule has 5 heteroatoms. The molecule has 100 valence electrons. The third kappa shape index (κ3) is 2.71. The highest BCUT2D eigenvalue weighted by Gasteiger charge is 2.18. The quantitative estimate of drug-likeness (QED) is 0.853. The molecule has 4 nitrogen and oxygen atoms in total. The van der Waals surface area contributed by atoms with Crippen LogP contribution in [0.25, 0.3) is 10.1 Å². The molecule has 0 atom stereocenters. The summed E-state index contributed by atoms with van der Waals surface area (Å²) in [5.41, 5.74) is 0. The molecule has 0 unspecified atom stereocenters. The maximum Gasteiger partial charge on any atom is 0.222 e. The minimum atomic E-state index is 0.305. The van der Waals surface area contributed by atoms with Crippen molar-refractivity contribution in [1.29, 1.82) is 0 Å². The Balaban J connectivity index is 1.51. The molecule has 19 heavy (non-hydrogen) atoms. The molecule has 0 aliphatic carbocycles. The standard InChI is InChI=1S/C14H17N3OS/c18-13-7-3-9-17(13)10-4-8-15-14-11-5-1-2-6-12(11)19-16-14/h1-2,5-6H,3-4,7-10H2,(H,15,16). The molecule has 0 spiro atoms. The van der Waals surface area contributed by atoms with Crippen LogP contribution in [0.2, 0.25) is 0 Å². The molecule has 1 amide bonds. The second-order valence-corrected chi connectivity index (χ2v) is 5.60. The van der Waals surface area contributed by atoms with Crippen molar-refractivity contribution in [1.82, 2.24) is 9.27 Å². The van der Waals surface area contributed by atoms with Gasteiger partial charge in [0.1, 0.15) is 5.82 Å². The zero-order valence-corrected chi connectivity index (χ0v) is 11.6. The van der Waals surface area contributed by atoms with E-state index in [0.717, 1.165) is 44.7 Å². The van der Waals surface area contributed by atoms with Gasteiger partial charge < -0.3 is 10.2 Å². The van der Waals surface area contributed by atoms with Crippen molar-refractivity contribution < 1.29 is 4.79 Å². The Kier molecular flexibility index (Phi) is 3.64. The molecule has 0 bridgehead atoms. The summed E-state index contributed by atoms with van der Waals surface area (Å²) in [5.74, 6) is 1.27. The molecule has 1 aromatic carbocycles. The monoisotopic (exact) mass is 275 g/mol. The summed E-state index contributed by atoms with van der Waals surface area (Å²) in [6.45, 7) is 2.64. The van der Waals surface area contributed by atoms with Crippen LogP contribution in [0.3, 0.4) is 0 Å². The molecule has 1 aromatic heterocycles. The van der Waals surface area contributed by atoms with E-state index >= 15 is 0 Å². The van der Waals surface area contributed by atoms with Gasteiger partial charge in [0.15, 0.2) is 0 Å². The number of carbonyl (C=O) groups is 1. The van der Waals surface area contributed by atoms with Gasteiger partial charge >= 0.3 is 0 Å². The number of fused-ring (bicyclic) bond motifs is 1. The Morgan fingerprint density at radius 1 is 1.37 bits per heavy atom. The first-order chi connectivity index (χ1) is 9.34. The summed E-state index contributed by atoms with van der Waals surface area (Å²) < 4.78 is 5.64. The van der Waals surface area contributed by atoms with Gasteiger partial charge in [0, 0.05) is 31.4 Å². The van der Waals surface area contributed by atoms with Gasteiger partial charge in [-0.1, -0.05) is 12.1 Å². The number of nitrogens with one attached hydrogen (secondary N) is 1. The van der Waals surface area contributed by atoms with Crippen LogP contribution in [0, 0.1) is 0 Å². The van der Waals surface area contributed by atoms with Gasteiger partial charge in [0.25, 0.3) is 0 Å². The van der Waals surface area contributed by atoms with Crippen molar-refractivity contribution in [3.8, 4) is 0 Å². The maximum atomic E-state index is 11.5. The molecule has 0 saturated carbocycles. The molecule has 1 aliphatic rings. The second kappa shape index (κ2) is 5.57. The van der Waals surface area contributed by atoms with Crippen LogP contribution >= 0.6 is 11.5 Å². The molecular weight excluding hydrogens is 258 g/mol. The molecule has 2 aromatic rings. The zero-order valence-electron chi connectivity index (χ0n) is 10.8. The van der Waals surface area contributed by atoms with E-state index < -0.39 is 0 Å². The van der Waals surface area contributed by atoms with Gasteiger partial charge in [-0.05, 0) is 36.5 Å². The summed E-state index contributed by atoms with van der Waals surface area (Å²) >= 11 is 1.52. The number of rotatable bonds is 5. The number of nitrogens with zero attached hydrogens (tertiary/aromatic N) is 2. The summed E-state index contributed by atoms with van der Waals surface area (Å²) in [5, 5.41) is 4.55. The number of benzene rings is 1. The number of likely N-dealkylation sites (tertiary alicyclic amines) is 1. The fourth-order valence-electron chi connectivity index (χ4n) is 2.43. The average Bonchev–Trinajstić information content (AvgIpc) is 3.02. The van der Waals surface area contributed by atoms with E-state index in [-0.39, 0.29) is 0 Å². The van der Waals surface area contributed by atoms with E-state index in [1.165, 1.54) is 21.6 Å². The molecule has 1 aliphatic heterocycles. The van der Waals surface area contributed by atoms with Crippen LogP contribution in [0.4, 0.5) is 5.82 Å². The molecule has 1 saturated heterocycles. The predicted molar refractivity (Wildman–Crippen MR) is 78.5 cm³/mol. The van der Waals surface area contributed by atoms with E-state index in [9.17, 15) is 4.79 Å². The average molecular weight is 275 g/mol. The lowest BCUT2D eigenvalue weighted by Gasteiger charge is -2.15. The number of anilines is 1. The Labute approximate surface area is 116 Å². The van der Waals surface area contributed by atoms with Gasteiger partial charge in [-0.25, -0.2) is 0 Å². The van der Waals surface area contributed by atoms with Crippen LogP contribution in [-0.4, -0.2) is 34.8 Å². The first-order valence-corrected chi connectivity index (χ1v) is 7.48. The lowest BCUT2D eigenvalue weighted by Crippen LogP contribution is -2.26. The van der Waals surface area contributed by atoms with Crippen molar-refractivity contribution in [3.63, 3.8) is 0 Å². The highest BCUT2D eigenvalue weighted by molar-refractivity contribution is 7.13. The van der Waals surface area contributed by atoms with E-state index in [4.69, 9.17) is 0 Å². The lowest BCUT2D eigenvalue weighted by molar-refractivity contribution is -0.127. The molecule has 2 heterocycles. The van der Waals surface area contributed by atoms with Crippen molar-refractivity contribution in [3.05, 3.63) is 24.3 Å². The Bertz CT molecular complexity index is 581. The third-order valence-corrected chi connectivity index (χ3v) is 4.27. The van der Waals surface area contributed by atoms with Crippen molar-refractivity contribution >= 4 is 33.3 Å². The van der Waals surface area contributed by atoms with Gasteiger partial charge in [0.2, 0.25) is 5.91 Å². The second-order valence-electron chi connectivity index (χ2n) is 4.79. The first-order valence-electron chi connectivity index (χ1n) is 6.70. The van der Waals surface area contributed by atoms with E-state index in [0.29, 0.717) is 5.91 Å². The number of amides is 1. The Hall–Kier alpha value is -1.62. The Morgan fingerprint density at radius 3 is 3.11 bits per heavy atom. The maximum absolute atomic E-state index is 11.5. The largest absolute Gasteiger partial charge is 0.369 e. The molecule has 3 rings (SSSR count). The smallest absolute Gasteiger partial charge is 0.222 e. The van der Waals surface area contributed by atoms with Crippen LogP contribution < -0.4 is 5.32 Å². The van der Waals surface area contributed by atoms with Crippen LogP contribution in [-0.2, 0) is 4.79 Å². The van der Waals surface area contributed by atoms with Crippen LogP contribution in [0.1, 0.15) is 19.3 Å². The predicted octanol–water partition coefficient (Wildman–Crippen LogP) is 2.72. The highest BCUT2D eigenvalue weighted by atomic mass is 32.1. The van der Waals surface area contributed by atoms with Crippen molar-refractivity contribution in [2.24, 2.45) is 0 Å². The summed E-state index contributed by atoms with van der Waals surface area (Å²) in [6, 6.07) is 8.24. The van der Waals surface area contributed by atoms with Crippen molar-refractivity contribution in [2.75, 3.05) is 25.0 Å². The SMILES string of the molecule is O=C1CCCN1CCCNc1nsc2ccccc12. The number of hydrogen-bond acceptors (Lipinski definition) is 4. The van der Waals surface area contributed by atoms with E-state index in [1.54, 1.807) is 0 Å². The number of carbonyl (C=O) groups excluding carboxylic acids is 1. The fraction of sp³-hybridized carbons (Fsp3) is 0.429. The first kappa shape index (κ1) is 12.4. The highest BCUT2D eigenvalue weighted by Crippen LogP contribution is 2.25. The fourth-order valence-corrected chi connectivity index (χ4v) is 3.19. The van der Waals surface area contributed by atoms with E-state index in [1.807, 2.05) is 17.0 Å². The summed E-state index contributed by atoms with van der Waals surface area (Å²) in [4.78, 5) is 13.4. The van der Waals surface area contributed by atoms with Crippen LogP contribution in [0.5, 0.6) is 0 Å². The normalized spacial score (nSPS) is 15.4. The minimum absolute atomic E-state index is 0.305. The number of hydrogen-bond donors (Lipinski definition) is 1. The van der Waals surface area contributed by atoms with E-state index in [2.05, 4.69) is 21.8 Å². The molecule has 1 fully saturated rings. The van der Waals surface area contributed by atoms with Crippen LogP contribution in [0.15, 0.2) is 24.3 Å². The third-order valence-electron chi connectivity index (χ3n) is 3.45. The van der Waals surface area contributed by atoms with Gasteiger partial charge in [0.05, 0.1) is 4.70 Å². The number of aromatic nitrogens is 1. The zero-order chi connectivity index (χ0) is 13.1.